The Kier molecular flexibility index (Phi) is 5.02. The Bertz CT molecular complexity index is 926. The van der Waals surface area contributed by atoms with Crippen LogP contribution in [0.25, 0.3) is 5.65 Å². The standard InChI is InChI=1S/C19H24F3N5O2/c1-10(2)15-8-26-7-12(5-13(26)9-29-15)24-18(28)14-6-17-23-11(3)4-16(19(20,21)22)27(17)25-14/h4,6,10,12-13,15H,5,7-9H2,1-3H3,(H,24,28)/t12-,13-,15+/m0/s1. The molecule has 2 aromatic rings. The number of hydrogen-bond donors (Lipinski definition) is 1. The number of morpholine rings is 1. The van der Waals surface area contributed by atoms with E-state index in [0.717, 1.165) is 19.0 Å². The number of aromatic nitrogens is 3. The second-order valence-corrected chi connectivity index (χ2v) is 8.21. The Morgan fingerprint density at radius 1 is 1.31 bits per heavy atom. The van der Waals surface area contributed by atoms with Gasteiger partial charge in [-0.1, -0.05) is 13.8 Å². The predicted molar refractivity (Wildman–Crippen MR) is 98.5 cm³/mol. The molecule has 0 radical (unpaired) electrons. The van der Waals surface area contributed by atoms with Crippen molar-refractivity contribution >= 4 is 11.6 Å². The number of rotatable bonds is 3. The van der Waals surface area contributed by atoms with Gasteiger partial charge in [-0.3, -0.25) is 9.69 Å². The monoisotopic (exact) mass is 411 g/mol. The van der Waals surface area contributed by atoms with Gasteiger partial charge < -0.3 is 10.1 Å². The van der Waals surface area contributed by atoms with Crippen LogP contribution in [0.5, 0.6) is 0 Å². The van der Waals surface area contributed by atoms with E-state index in [-0.39, 0.29) is 35.2 Å². The average Bonchev–Trinajstić information content (AvgIpc) is 3.22. The Hall–Kier alpha value is -2.20. The van der Waals surface area contributed by atoms with Crippen molar-refractivity contribution < 1.29 is 22.7 Å². The zero-order valence-corrected chi connectivity index (χ0v) is 16.5. The highest BCUT2D eigenvalue weighted by atomic mass is 19.4. The quantitative estimate of drug-likeness (QED) is 0.839. The van der Waals surface area contributed by atoms with Crippen molar-refractivity contribution in [1.82, 2.24) is 24.8 Å². The fourth-order valence-electron chi connectivity index (χ4n) is 4.08. The van der Waals surface area contributed by atoms with Crippen LogP contribution in [0.1, 0.15) is 42.1 Å². The highest BCUT2D eigenvalue weighted by Crippen LogP contribution is 2.30. The van der Waals surface area contributed by atoms with Gasteiger partial charge >= 0.3 is 6.18 Å². The third kappa shape index (κ3) is 3.95. The summed E-state index contributed by atoms with van der Waals surface area (Å²) in [5, 5.41) is 6.78. The highest BCUT2D eigenvalue weighted by molar-refractivity contribution is 5.93. The molecular weight excluding hydrogens is 387 g/mol. The number of hydrogen-bond acceptors (Lipinski definition) is 5. The highest BCUT2D eigenvalue weighted by Gasteiger charge is 2.39. The maximum atomic E-state index is 13.3. The second-order valence-electron chi connectivity index (χ2n) is 8.21. The first kappa shape index (κ1) is 20.1. The first-order valence-corrected chi connectivity index (χ1v) is 9.73. The van der Waals surface area contributed by atoms with Crippen LogP contribution in [0, 0.1) is 12.8 Å². The van der Waals surface area contributed by atoms with E-state index >= 15 is 0 Å². The van der Waals surface area contributed by atoms with E-state index in [4.69, 9.17) is 4.74 Å². The molecule has 10 heteroatoms. The SMILES string of the molecule is Cc1cc(C(F)(F)F)n2nc(C(=O)N[C@H]3C[C@H]4CO[C@@H](C(C)C)CN4C3)cc2n1. The topological polar surface area (TPSA) is 71.8 Å². The van der Waals surface area contributed by atoms with Crippen LogP contribution < -0.4 is 5.32 Å². The van der Waals surface area contributed by atoms with Gasteiger partial charge in [0.25, 0.3) is 5.91 Å². The molecule has 29 heavy (non-hydrogen) atoms. The number of carbonyl (C=O) groups excluding carboxylic acids is 1. The molecule has 4 rings (SSSR count). The number of ether oxygens (including phenoxy) is 1. The summed E-state index contributed by atoms with van der Waals surface area (Å²) in [4.78, 5) is 19.0. The molecule has 2 saturated heterocycles. The summed E-state index contributed by atoms with van der Waals surface area (Å²) in [7, 11) is 0. The van der Waals surface area contributed by atoms with E-state index < -0.39 is 17.8 Å². The van der Waals surface area contributed by atoms with Crippen molar-refractivity contribution in [3.63, 3.8) is 0 Å². The van der Waals surface area contributed by atoms with Crippen LogP contribution in [0.15, 0.2) is 12.1 Å². The van der Waals surface area contributed by atoms with Gasteiger partial charge in [0.05, 0.1) is 12.7 Å². The van der Waals surface area contributed by atoms with Gasteiger partial charge in [0.15, 0.2) is 11.3 Å². The molecular formula is C19H24F3N5O2. The van der Waals surface area contributed by atoms with Crippen LogP contribution in [0.2, 0.25) is 0 Å². The van der Waals surface area contributed by atoms with Crippen LogP contribution in [0.3, 0.4) is 0 Å². The summed E-state index contributed by atoms with van der Waals surface area (Å²) >= 11 is 0. The lowest BCUT2D eigenvalue weighted by Gasteiger charge is -2.36. The lowest BCUT2D eigenvalue weighted by molar-refractivity contribution is -0.142. The molecule has 0 bridgehead atoms. The van der Waals surface area contributed by atoms with Crippen LogP contribution in [-0.2, 0) is 10.9 Å². The normalized spacial score (nSPS) is 25.6. The molecule has 4 heterocycles. The van der Waals surface area contributed by atoms with E-state index in [1.54, 1.807) is 0 Å². The zero-order valence-electron chi connectivity index (χ0n) is 16.5. The van der Waals surface area contributed by atoms with E-state index in [1.165, 1.54) is 13.0 Å². The first-order valence-electron chi connectivity index (χ1n) is 9.73. The lowest BCUT2D eigenvalue weighted by Crippen LogP contribution is -2.48. The number of fused-ring (bicyclic) bond motifs is 2. The van der Waals surface area contributed by atoms with Gasteiger partial charge in [0, 0.05) is 36.9 Å². The van der Waals surface area contributed by atoms with Crippen molar-refractivity contribution in [2.45, 2.75) is 51.6 Å². The summed E-state index contributed by atoms with van der Waals surface area (Å²) in [6.07, 6.45) is -3.67. The number of amides is 1. The van der Waals surface area contributed by atoms with Crippen molar-refractivity contribution in [3.05, 3.63) is 29.2 Å². The van der Waals surface area contributed by atoms with Gasteiger partial charge in [-0.2, -0.15) is 18.3 Å². The maximum absolute atomic E-state index is 13.3. The van der Waals surface area contributed by atoms with Crippen molar-refractivity contribution in [1.29, 1.82) is 0 Å². The van der Waals surface area contributed by atoms with Crippen LogP contribution >= 0.6 is 0 Å². The Morgan fingerprint density at radius 3 is 2.76 bits per heavy atom. The minimum atomic E-state index is -4.59. The molecule has 0 unspecified atom stereocenters. The van der Waals surface area contributed by atoms with Gasteiger partial charge in [0.2, 0.25) is 0 Å². The van der Waals surface area contributed by atoms with E-state index in [9.17, 15) is 18.0 Å². The number of halogens is 3. The summed E-state index contributed by atoms with van der Waals surface area (Å²) in [6.45, 7) is 7.86. The molecule has 7 nitrogen and oxygen atoms in total. The van der Waals surface area contributed by atoms with Crippen LogP contribution in [-0.4, -0.2) is 63.3 Å². The first-order chi connectivity index (χ1) is 13.6. The van der Waals surface area contributed by atoms with Crippen molar-refractivity contribution in [2.24, 2.45) is 5.92 Å². The number of nitrogens with one attached hydrogen (secondary N) is 1. The molecule has 1 amide bonds. The third-order valence-corrected chi connectivity index (χ3v) is 5.60. The molecule has 1 N–H and O–H groups in total. The molecule has 0 aromatic carbocycles. The Balaban J connectivity index is 1.49. The number of nitrogens with zero attached hydrogens (tertiary/aromatic N) is 4. The lowest BCUT2D eigenvalue weighted by atomic mass is 10.0. The van der Waals surface area contributed by atoms with E-state index in [2.05, 4.69) is 34.1 Å². The average molecular weight is 411 g/mol. The summed E-state index contributed by atoms with van der Waals surface area (Å²) < 4.78 is 46.4. The number of aryl methyl sites for hydroxylation is 1. The Labute approximate surface area is 166 Å². The molecule has 2 aliphatic rings. The summed E-state index contributed by atoms with van der Waals surface area (Å²) in [5.41, 5.74) is -0.813. The number of alkyl halides is 3. The van der Waals surface area contributed by atoms with Gasteiger partial charge in [0.1, 0.15) is 5.69 Å². The molecule has 0 saturated carbocycles. The third-order valence-electron chi connectivity index (χ3n) is 5.60. The molecule has 158 valence electrons. The molecule has 2 aromatic heterocycles. The maximum Gasteiger partial charge on any atom is 0.433 e. The predicted octanol–water partition coefficient (Wildman–Crippen LogP) is 2.28. The minimum Gasteiger partial charge on any atom is -0.375 e. The molecule has 2 aliphatic heterocycles. The van der Waals surface area contributed by atoms with Gasteiger partial charge in [-0.05, 0) is 25.3 Å². The molecule has 2 fully saturated rings. The molecule has 0 spiro atoms. The van der Waals surface area contributed by atoms with Gasteiger partial charge in [-0.25, -0.2) is 9.50 Å². The van der Waals surface area contributed by atoms with Crippen LogP contribution in [0.4, 0.5) is 13.2 Å². The Morgan fingerprint density at radius 2 is 2.07 bits per heavy atom. The largest absolute Gasteiger partial charge is 0.433 e. The van der Waals surface area contributed by atoms with Crippen molar-refractivity contribution in [2.75, 3.05) is 19.7 Å². The number of carbonyl (C=O) groups is 1. The summed E-state index contributed by atoms with van der Waals surface area (Å²) in [5.74, 6) is -0.0752. The fraction of sp³-hybridized carbons (Fsp3) is 0.632. The van der Waals surface area contributed by atoms with Crippen molar-refractivity contribution in [3.8, 4) is 0 Å². The smallest absolute Gasteiger partial charge is 0.375 e. The van der Waals surface area contributed by atoms with Gasteiger partial charge in [-0.15, -0.1) is 0 Å². The minimum absolute atomic E-state index is 0.000471. The van der Waals surface area contributed by atoms with E-state index in [1.807, 2.05) is 0 Å². The fourth-order valence-corrected chi connectivity index (χ4v) is 4.08. The summed E-state index contributed by atoms with van der Waals surface area (Å²) in [6, 6.07) is 2.36. The van der Waals surface area contributed by atoms with E-state index in [0.29, 0.717) is 23.6 Å². The second kappa shape index (κ2) is 7.24. The zero-order chi connectivity index (χ0) is 20.9. The molecule has 0 aliphatic carbocycles. The molecule has 3 atom stereocenters.